The van der Waals surface area contributed by atoms with E-state index in [0.717, 1.165) is 12.1 Å². The average Bonchev–Trinajstić information content (AvgIpc) is 2.54. The fourth-order valence-electron chi connectivity index (χ4n) is 1.65. The van der Waals surface area contributed by atoms with E-state index in [9.17, 15) is 5.11 Å². The van der Waals surface area contributed by atoms with Gasteiger partial charge >= 0.3 is 0 Å². The minimum absolute atomic E-state index is 0.215. The van der Waals surface area contributed by atoms with Gasteiger partial charge in [0, 0.05) is 31.4 Å². The molecule has 0 amide bonds. The number of aliphatic hydroxyl groups is 1. The number of hydrogen-bond donors (Lipinski definition) is 2. The fourth-order valence-corrected chi connectivity index (χ4v) is 1.65. The van der Waals surface area contributed by atoms with Crippen molar-refractivity contribution in [3.05, 3.63) is 17.5 Å². The third kappa shape index (κ3) is 3.32. The van der Waals surface area contributed by atoms with Crippen molar-refractivity contribution in [2.24, 2.45) is 7.05 Å². The van der Waals surface area contributed by atoms with Crippen molar-refractivity contribution in [1.82, 2.24) is 15.1 Å². The summed E-state index contributed by atoms with van der Waals surface area (Å²) in [5, 5.41) is 17.6. The summed E-state index contributed by atoms with van der Waals surface area (Å²) in [6.45, 7) is 8.53. The molecule has 0 bridgehead atoms. The van der Waals surface area contributed by atoms with Crippen molar-refractivity contribution in [2.75, 3.05) is 6.54 Å². The largest absolute Gasteiger partial charge is 0.389 e. The first-order valence-electron chi connectivity index (χ1n) is 5.81. The molecule has 0 fully saturated rings. The number of aromatic nitrogens is 2. The summed E-state index contributed by atoms with van der Waals surface area (Å²) in [5.74, 6) is 0. The Bertz CT molecular complexity index is 344. The molecule has 4 heteroatoms. The van der Waals surface area contributed by atoms with Crippen LogP contribution in [-0.2, 0) is 7.05 Å². The summed E-state index contributed by atoms with van der Waals surface area (Å²) in [6, 6.07) is 0.215. The van der Waals surface area contributed by atoms with E-state index in [0.29, 0.717) is 6.54 Å². The third-order valence-electron chi connectivity index (χ3n) is 3.07. The highest BCUT2D eigenvalue weighted by molar-refractivity contribution is 5.19. The summed E-state index contributed by atoms with van der Waals surface area (Å²) >= 11 is 0. The fraction of sp³-hybridized carbons (Fsp3) is 0.750. The second-order valence-corrected chi connectivity index (χ2v) is 4.80. The Morgan fingerprint density at radius 2 is 2.25 bits per heavy atom. The Labute approximate surface area is 97.7 Å². The minimum atomic E-state index is -0.635. The van der Waals surface area contributed by atoms with Gasteiger partial charge < -0.3 is 10.4 Å². The molecule has 0 aliphatic carbocycles. The van der Waals surface area contributed by atoms with Gasteiger partial charge in [-0.3, -0.25) is 4.68 Å². The molecule has 92 valence electrons. The van der Waals surface area contributed by atoms with Crippen LogP contribution in [0.15, 0.2) is 6.20 Å². The van der Waals surface area contributed by atoms with Gasteiger partial charge in [0.2, 0.25) is 0 Å². The van der Waals surface area contributed by atoms with Gasteiger partial charge in [0.1, 0.15) is 0 Å². The van der Waals surface area contributed by atoms with E-state index >= 15 is 0 Å². The van der Waals surface area contributed by atoms with Crippen molar-refractivity contribution < 1.29 is 5.11 Å². The molecule has 1 aromatic heterocycles. The Morgan fingerprint density at radius 3 is 2.69 bits per heavy atom. The SMILES string of the molecule is CCC(C)(O)CNC(C)c1cn(C)nc1C. The molecule has 0 saturated carbocycles. The van der Waals surface area contributed by atoms with Crippen molar-refractivity contribution in [3.8, 4) is 0 Å². The third-order valence-corrected chi connectivity index (χ3v) is 3.07. The summed E-state index contributed by atoms with van der Waals surface area (Å²) < 4.78 is 1.82. The van der Waals surface area contributed by atoms with Crippen LogP contribution >= 0.6 is 0 Å². The first-order chi connectivity index (χ1) is 7.35. The zero-order valence-corrected chi connectivity index (χ0v) is 10.9. The van der Waals surface area contributed by atoms with E-state index in [1.807, 2.05) is 38.7 Å². The van der Waals surface area contributed by atoms with Gasteiger partial charge in [0.15, 0.2) is 0 Å². The van der Waals surface area contributed by atoms with Crippen LogP contribution in [0.4, 0.5) is 0 Å². The van der Waals surface area contributed by atoms with Crippen LogP contribution in [0.2, 0.25) is 0 Å². The van der Waals surface area contributed by atoms with Crippen LogP contribution in [-0.4, -0.2) is 27.0 Å². The van der Waals surface area contributed by atoms with Crippen LogP contribution in [0.5, 0.6) is 0 Å². The van der Waals surface area contributed by atoms with Crippen molar-refractivity contribution in [2.45, 2.75) is 45.8 Å². The number of nitrogens with zero attached hydrogens (tertiary/aromatic N) is 2. The number of aryl methyl sites for hydroxylation is 2. The lowest BCUT2D eigenvalue weighted by atomic mass is 10.0. The highest BCUT2D eigenvalue weighted by Gasteiger charge is 2.19. The maximum absolute atomic E-state index is 9.91. The van der Waals surface area contributed by atoms with Crippen LogP contribution in [0.1, 0.15) is 44.5 Å². The molecule has 2 N–H and O–H groups in total. The molecule has 0 aromatic carbocycles. The number of rotatable bonds is 5. The maximum atomic E-state index is 9.91. The van der Waals surface area contributed by atoms with Gasteiger partial charge in [0.25, 0.3) is 0 Å². The van der Waals surface area contributed by atoms with Gasteiger partial charge in [0.05, 0.1) is 11.3 Å². The molecule has 0 aliphatic heterocycles. The van der Waals surface area contributed by atoms with Crippen LogP contribution in [0, 0.1) is 6.92 Å². The Kier molecular flexibility index (Phi) is 4.10. The highest BCUT2D eigenvalue weighted by Crippen LogP contribution is 2.16. The zero-order valence-electron chi connectivity index (χ0n) is 10.9. The molecule has 1 heterocycles. The first-order valence-corrected chi connectivity index (χ1v) is 5.81. The summed E-state index contributed by atoms with van der Waals surface area (Å²) in [5.41, 5.74) is 1.60. The monoisotopic (exact) mass is 225 g/mol. The normalized spacial score (nSPS) is 17.1. The van der Waals surface area contributed by atoms with Gasteiger partial charge in [-0.15, -0.1) is 0 Å². The zero-order chi connectivity index (χ0) is 12.3. The summed E-state index contributed by atoms with van der Waals surface area (Å²) in [7, 11) is 1.92. The molecule has 2 atom stereocenters. The van der Waals surface area contributed by atoms with Gasteiger partial charge in [-0.2, -0.15) is 5.10 Å². The predicted molar refractivity (Wildman–Crippen MR) is 65.3 cm³/mol. The molecule has 16 heavy (non-hydrogen) atoms. The Morgan fingerprint density at radius 1 is 1.62 bits per heavy atom. The second-order valence-electron chi connectivity index (χ2n) is 4.80. The first kappa shape index (κ1) is 13.2. The molecule has 0 radical (unpaired) electrons. The Balaban J connectivity index is 2.59. The van der Waals surface area contributed by atoms with Gasteiger partial charge in [-0.1, -0.05) is 6.92 Å². The Hall–Kier alpha value is -0.870. The maximum Gasteiger partial charge on any atom is 0.0741 e. The summed E-state index contributed by atoms with van der Waals surface area (Å²) in [4.78, 5) is 0. The molecule has 0 saturated heterocycles. The molecular formula is C12H23N3O. The molecule has 4 nitrogen and oxygen atoms in total. The highest BCUT2D eigenvalue weighted by atomic mass is 16.3. The van der Waals surface area contributed by atoms with E-state index in [4.69, 9.17) is 0 Å². The van der Waals surface area contributed by atoms with Crippen LogP contribution in [0.25, 0.3) is 0 Å². The lowest BCUT2D eigenvalue weighted by Gasteiger charge is -2.24. The van der Waals surface area contributed by atoms with Gasteiger partial charge in [-0.25, -0.2) is 0 Å². The van der Waals surface area contributed by atoms with E-state index in [1.54, 1.807) is 0 Å². The van der Waals surface area contributed by atoms with Gasteiger partial charge in [-0.05, 0) is 27.2 Å². The van der Waals surface area contributed by atoms with Crippen LogP contribution in [0.3, 0.4) is 0 Å². The smallest absolute Gasteiger partial charge is 0.0741 e. The predicted octanol–water partition coefficient (Wildman–Crippen LogP) is 1.54. The second kappa shape index (κ2) is 4.97. The molecular weight excluding hydrogens is 202 g/mol. The minimum Gasteiger partial charge on any atom is -0.389 e. The quantitative estimate of drug-likeness (QED) is 0.799. The summed E-state index contributed by atoms with van der Waals surface area (Å²) in [6.07, 6.45) is 2.77. The lowest BCUT2D eigenvalue weighted by molar-refractivity contribution is 0.0533. The van der Waals surface area contributed by atoms with E-state index < -0.39 is 5.60 Å². The molecule has 0 aliphatic rings. The van der Waals surface area contributed by atoms with E-state index in [2.05, 4.69) is 17.3 Å². The topological polar surface area (TPSA) is 50.1 Å². The molecule has 1 aromatic rings. The van der Waals surface area contributed by atoms with Crippen molar-refractivity contribution in [1.29, 1.82) is 0 Å². The molecule has 2 unspecified atom stereocenters. The molecule has 1 rings (SSSR count). The average molecular weight is 225 g/mol. The van der Waals surface area contributed by atoms with E-state index in [1.165, 1.54) is 5.56 Å². The van der Waals surface area contributed by atoms with Crippen LogP contribution < -0.4 is 5.32 Å². The number of hydrogen-bond acceptors (Lipinski definition) is 3. The number of nitrogens with one attached hydrogen (secondary N) is 1. The standard InChI is InChI=1S/C12H23N3O/c1-6-12(4,16)8-13-9(2)11-7-15(5)14-10(11)3/h7,9,13,16H,6,8H2,1-5H3. The van der Waals surface area contributed by atoms with E-state index in [-0.39, 0.29) is 6.04 Å². The van der Waals surface area contributed by atoms with Crippen molar-refractivity contribution >= 4 is 0 Å². The van der Waals surface area contributed by atoms with Crippen molar-refractivity contribution in [3.63, 3.8) is 0 Å². The lowest BCUT2D eigenvalue weighted by Crippen LogP contribution is -2.38. The molecule has 0 spiro atoms.